The van der Waals surface area contributed by atoms with E-state index in [4.69, 9.17) is 0 Å². The van der Waals surface area contributed by atoms with E-state index in [9.17, 15) is 21.6 Å². The number of hydrogen-bond acceptors (Lipinski definition) is 5. The van der Waals surface area contributed by atoms with Crippen LogP contribution in [0.4, 0.5) is 5.69 Å². The average molecular weight is 492 g/mol. The molecule has 0 spiro atoms. The van der Waals surface area contributed by atoms with Gasteiger partial charge in [-0.1, -0.05) is 25.1 Å². The molecule has 1 saturated heterocycles. The summed E-state index contributed by atoms with van der Waals surface area (Å²) >= 11 is 0. The molecule has 0 aromatic heterocycles. The second-order valence-electron chi connectivity index (χ2n) is 8.75. The van der Waals surface area contributed by atoms with E-state index in [-0.39, 0.29) is 22.4 Å². The third-order valence-corrected chi connectivity index (χ3v) is 9.95. The van der Waals surface area contributed by atoms with Crippen molar-refractivity contribution in [3.63, 3.8) is 0 Å². The lowest BCUT2D eigenvalue weighted by molar-refractivity contribution is -0.116. The first kappa shape index (κ1) is 23.9. The lowest BCUT2D eigenvalue weighted by atomic mass is 10.0. The molecule has 8 nitrogen and oxygen atoms in total. The largest absolute Gasteiger partial charge is 0.325 e. The lowest BCUT2D eigenvalue weighted by Crippen LogP contribution is -2.39. The van der Waals surface area contributed by atoms with Gasteiger partial charge in [-0.25, -0.2) is 16.8 Å². The highest BCUT2D eigenvalue weighted by Crippen LogP contribution is 2.32. The van der Waals surface area contributed by atoms with Gasteiger partial charge >= 0.3 is 0 Å². The number of hydrogen-bond donors (Lipinski definition) is 1. The molecule has 1 N–H and O–H groups in total. The van der Waals surface area contributed by atoms with Crippen LogP contribution in [0.5, 0.6) is 0 Å². The van der Waals surface area contributed by atoms with E-state index in [1.807, 2.05) is 6.07 Å². The summed E-state index contributed by atoms with van der Waals surface area (Å²) in [5, 5.41) is 2.72. The summed E-state index contributed by atoms with van der Waals surface area (Å²) in [5.41, 5.74) is 0.595. The zero-order valence-electron chi connectivity index (χ0n) is 18.6. The average Bonchev–Trinajstić information content (AvgIpc) is 3.63. The predicted octanol–water partition coefficient (Wildman–Crippen LogP) is 2.90. The number of carbonyl (C=O) groups excluding carboxylic acids is 1. The molecular weight excluding hydrogens is 462 g/mol. The number of para-hydroxylation sites is 1. The number of sulfonamides is 2. The third-order valence-electron chi connectivity index (χ3n) is 6.12. The summed E-state index contributed by atoms with van der Waals surface area (Å²) in [4.78, 5) is 12.6. The van der Waals surface area contributed by atoms with Crippen molar-refractivity contribution in [2.75, 3.05) is 25.0 Å². The van der Waals surface area contributed by atoms with E-state index >= 15 is 0 Å². The molecule has 4 rings (SSSR count). The van der Waals surface area contributed by atoms with Gasteiger partial charge in [0.2, 0.25) is 26.0 Å². The van der Waals surface area contributed by atoms with Gasteiger partial charge in [0, 0.05) is 24.8 Å². The van der Waals surface area contributed by atoms with Crippen LogP contribution in [0.25, 0.3) is 0 Å². The molecule has 33 heavy (non-hydrogen) atoms. The second kappa shape index (κ2) is 9.54. The van der Waals surface area contributed by atoms with Gasteiger partial charge in [0.05, 0.1) is 16.3 Å². The normalized spacial score (nSPS) is 18.4. The Hall–Kier alpha value is -2.27. The molecule has 1 aliphatic heterocycles. The highest BCUT2D eigenvalue weighted by atomic mass is 32.2. The Balaban J connectivity index is 1.50. The van der Waals surface area contributed by atoms with Gasteiger partial charge in [-0.3, -0.25) is 4.79 Å². The summed E-state index contributed by atoms with van der Waals surface area (Å²) in [7, 11) is -7.62. The van der Waals surface area contributed by atoms with Crippen molar-refractivity contribution in [2.45, 2.75) is 48.4 Å². The first-order chi connectivity index (χ1) is 15.7. The first-order valence-corrected chi connectivity index (χ1v) is 14.0. The second-order valence-corrected chi connectivity index (χ2v) is 12.6. The molecule has 1 heterocycles. The number of anilines is 1. The third kappa shape index (κ3) is 5.46. The Bertz CT molecular complexity index is 1190. The maximum atomic E-state index is 13.3. The molecule has 10 heteroatoms. The zero-order chi connectivity index (χ0) is 23.6. The van der Waals surface area contributed by atoms with Crippen LogP contribution in [0.15, 0.2) is 64.4 Å². The molecule has 0 unspecified atom stereocenters. The maximum Gasteiger partial charge on any atom is 0.243 e. The fourth-order valence-electron chi connectivity index (χ4n) is 3.93. The summed E-state index contributed by atoms with van der Waals surface area (Å²) in [6, 6.07) is 14.0. The Labute approximate surface area is 195 Å². The number of amides is 1. The Morgan fingerprint density at radius 3 is 2.06 bits per heavy atom. The summed E-state index contributed by atoms with van der Waals surface area (Å²) < 4.78 is 55.1. The monoisotopic (exact) mass is 491 g/mol. The van der Waals surface area contributed by atoms with Gasteiger partial charge in [-0.05, 0) is 68.0 Å². The first-order valence-electron chi connectivity index (χ1n) is 11.1. The van der Waals surface area contributed by atoms with Crippen molar-refractivity contribution in [3.05, 3.63) is 54.6 Å². The summed E-state index contributed by atoms with van der Waals surface area (Å²) in [6.07, 6.45) is 3.01. The number of piperidine rings is 1. The van der Waals surface area contributed by atoms with E-state index in [1.165, 1.54) is 32.9 Å². The smallest absolute Gasteiger partial charge is 0.243 e. The number of nitrogens with one attached hydrogen (secondary N) is 1. The molecule has 178 valence electrons. The highest BCUT2D eigenvalue weighted by molar-refractivity contribution is 7.89. The fourth-order valence-corrected chi connectivity index (χ4v) is 7.04. The number of benzene rings is 2. The van der Waals surface area contributed by atoms with E-state index in [2.05, 4.69) is 12.2 Å². The van der Waals surface area contributed by atoms with E-state index in [1.54, 1.807) is 24.3 Å². The molecular formula is C23H29N3O5S2. The number of rotatable bonds is 8. The molecule has 1 saturated carbocycles. The van der Waals surface area contributed by atoms with Crippen molar-refractivity contribution in [2.24, 2.45) is 5.92 Å². The molecule has 2 fully saturated rings. The van der Waals surface area contributed by atoms with Crippen molar-refractivity contribution in [1.29, 1.82) is 0 Å². The van der Waals surface area contributed by atoms with E-state index < -0.39 is 26.0 Å². The van der Waals surface area contributed by atoms with Crippen LogP contribution in [0.2, 0.25) is 0 Å². The van der Waals surface area contributed by atoms with Crippen LogP contribution in [-0.4, -0.2) is 57.0 Å². The van der Waals surface area contributed by atoms with Gasteiger partial charge < -0.3 is 5.32 Å². The minimum absolute atomic E-state index is 0.0203. The van der Waals surface area contributed by atoms with E-state index in [0.717, 1.165) is 12.8 Å². The van der Waals surface area contributed by atoms with Gasteiger partial charge in [0.25, 0.3) is 0 Å². The topological polar surface area (TPSA) is 104 Å². The van der Waals surface area contributed by atoms with Gasteiger partial charge in [0.1, 0.15) is 0 Å². The van der Waals surface area contributed by atoms with Crippen LogP contribution in [-0.2, 0) is 24.8 Å². The zero-order valence-corrected chi connectivity index (χ0v) is 20.2. The fraction of sp³-hybridized carbons (Fsp3) is 0.435. The quantitative estimate of drug-likeness (QED) is 0.612. The highest BCUT2D eigenvalue weighted by Gasteiger charge is 2.39. The van der Waals surface area contributed by atoms with Crippen molar-refractivity contribution < 1.29 is 21.6 Å². The van der Waals surface area contributed by atoms with Crippen molar-refractivity contribution in [3.8, 4) is 0 Å². The minimum atomic E-state index is -3.96. The predicted molar refractivity (Wildman–Crippen MR) is 126 cm³/mol. The van der Waals surface area contributed by atoms with Gasteiger partial charge in [-0.15, -0.1) is 0 Å². The standard InChI is InChI=1S/C23H29N3O5S2/c1-18-13-15-25(16-14-18)32(28,29)21-9-11-22(12-10-21)33(30,31)26(20-7-8-20)17-23(27)24-19-5-3-2-4-6-19/h2-6,9-12,18,20H,7-8,13-17H2,1H3,(H,24,27). The molecule has 2 aliphatic rings. The maximum absolute atomic E-state index is 13.3. The lowest BCUT2D eigenvalue weighted by Gasteiger charge is -2.29. The molecule has 0 bridgehead atoms. The van der Waals surface area contributed by atoms with Crippen LogP contribution in [0.1, 0.15) is 32.6 Å². The summed E-state index contributed by atoms with van der Waals surface area (Å²) in [5.74, 6) is 0.0756. The van der Waals surface area contributed by atoms with Crippen LogP contribution >= 0.6 is 0 Å². The number of carbonyl (C=O) groups is 1. The van der Waals surface area contributed by atoms with Crippen LogP contribution in [0.3, 0.4) is 0 Å². The van der Waals surface area contributed by atoms with Crippen molar-refractivity contribution >= 4 is 31.6 Å². The minimum Gasteiger partial charge on any atom is -0.325 e. The van der Waals surface area contributed by atoms with Crippen molar-refractivity contribution in [1.82, 2.24) is 8.61 Å². The SMILES string of the molecule is CC1CCN(S(=O)(=O)c2ccc(S(=O)(=O)N(CC(=O)Nc3ccccc3)C3CC3)cc2)CC1. The molecule has 0 atom stereocenters. The van der Waals surface area contributed by atoms with Gasteiger partial charge in [0.15, 0.2) is 0 Å². The molecule has 0 radical (unpaired) electrons. The molecule has 1 amide bonds. The Morgan fingerprint density at radius 2 is 1.48 bits per heavy atom. The molecule has 2 aromatic carbocycles. The summed E-state index contributed by atoms with van der Waals surface area (Å²) in [6.45, 7) is 2.74. The number of nitrogens with zero attached hydrogens (tertiary/aromatic N) is 2. The van der Waals surface area contributed by atoms with Gasteiger partial charge in [-0.2, -0.15) is 8.61 Å². The Morgan fingerprint density at radius 1 is 0.909 bits per heavy atom. The Kier molecular flexibility index (Phi) is 6.90. The van der Waals surface area contributed by atoms with Crippen LogP contribution in [0, 0.1) is 5.92 Å². The van der Waals surface area contributed by atoms with Crippen LogP contribution < -0.4 is 5.32 Å². The van der Waals surface area contributed by atoms with E-state index in [0.29, 0.717) is 37.5 Å². The molecule has 2 aromatic rings. The molecule has 1 aliphatic carbocycles.